The van der Waals surface area contributed by atoms with Crippen molar-refractivity contribution in [2.75, 3.05) is 0 Å². The van der Waals surface area contributed by atoms with Gasteiger partial charge in [0, 0.05) is 11.8 Å². The molecule has 1 aromatic heterocycles. The zero-order chi connectivity index (χ0) is 14.2. The van der Waals surface area contributed by atoms with E-state index in [1.54, 1.807) is 0 Å². The van der Waals surface area contributed by atoms with Crippen LogP contribution in [-0.4, -0.2) is 20.7 Å². The van der Waals surface area contributed by atoms with Crippen LogP contribution in [0, 0.1) is 5.41 Å². The fourth-order valence-corrected chi connectivity index (χ4v) is 4.59. The van der Waals surface area contributed by atoms with Crippen LogP contribution in [0.5, 0.6) is 0 Å². The zero-order valence-electron chi connectivity index (χ0n) is 12.7. The molecular formula is C17H19B2N. The van der Waals surface area contributed by atoms with E-state index in [-0.39, 0.29) is 5.31 Å². The topological polar surface area (TPSA) is 12.9 Å². The maximum absolute atomic E-state index is 4.74. The van der Waals surface area contributed by atoms with Gasteiger partial charge >= 0.3 is 0 Å². The number of pyridine rings is 1. The Bertz CT molecular complexity index is 710. The third-order valence-electron chi connectivity index (χ3n) is 6.40. The molecule has 1 saturated carbocycles. The van der Waals surface area contributed by atoms with E-state index in [1.807, 2.05) is 6.20 Å². The molecule has 20 heavy (non-hydrogen) atoms. The van der Waals surface area contributed by atoms with Crippen LogP contribution in [0.2, 0.25) is 0 Å². The smallest absolute Gasteiger partial charge is 0.116 e. The summed E-state index contributed by atoms with van der Waals surface area (Å²) in [5, 5.41) is 0.537. The SMILES string of the molecule is BC1(C)c2ccnc(-c3ccccc3)c2C2(B)CC12C. The normalized spacial score (nSPS) is 37.3. The van der Waals surface area contributed by atoms with Crippen molar-refractivity contribution >= 4 is 15.7 Å². The van der Waals surface area contributed by atoms with E-state index in [9.17, 15) is 0 Å². The Balaban J connectivity index is 2.03. The molecule has 2 aliphatic carbocycles. The van der Waals surface area contributed by atoms with Gasteiger partial charge in [-0.2, -0.15) is 0 Å². The van der Waals surface area contributed by atoms with E-state index in [4.69, 9.17) is 4.98 Å². The summed E-state index contributed by atoms with van der Waals surface area (Å²) in [5.74, 6) is 0. The highest BCUT2D eigenvalue weighted by molar-refractivity contribution is 6.26. The average Bonchev–Trinajstić information content (AvgIpc) is 3.00. The van der Waals surface area contributed by atoms with Crippen molar-refractivity contribution < 1.29 is 0 Å². The van der Waals surface area contributed by atoms with Gasteiger partial charge < -0.3 is 0 Å². The summed E-state index contributed by atoms with van der Waals surface area (Å²) in [6, 6.07) is 12.9. The number of hydrogen-bond acceptors (Lipinski definition) is 1. The predicted molar refractivity (Wildman–Crippen MR) is 88.5 cm³/mol. The lowest BCUT2D eigenvalue weighted by atomic mass is 9.57. The van der Waals surface area contributed by atoms with Crippen molar-refractivity contribution in [2.45, 2.75) is 30.9 Å². The Kier molecular flexibility index (Phi) is 2.08. The largest absolute Gasteiger partial charge is 0.256 e. The quantitative estimate of drug-likeness (QED) is 0.712. The zero-order valence-corrected chi connectivity index (χ0v) is 12.7. The summed E-state index contributed by atoms with van der Waals surface area (Å²) in [7, 11) is 4.83. The van der Waals surface area contributed by atoms with E-state index < -0.39 is 0 Å². The Labute approximate surface area is 122 Å². The number of fused-ring (bicyclic) bond motifs is 3. The standard InChI is InChI=1S/C17H19B2N/c1-15-10-17(15,19)13-12(16(15,2)18)8-9-20-14(13)11-6-4-3-5-7-11/h3-9H,10,18-19H2,1-2H3. The van der Waals surface area contributed by atoms with Crippen molar-refractivity contribution in [2.24, 2.45) is 5.41 Å². The molecule has 1 aromatic carbocycles. The molecule has 0 spiro atoms. The minimum Gasteiger partial charge on any atom is -0.256 e. The summed E-state index contributed by atoms with van der Waals surface area (Å²) >= 11 is 0. The first-order valence-corrected chi connectivity index (χ1v) is 7.47. The van der Waals surface area contributed by atoms with E-state index in [1.165, 1.54) is 28.8 Å². The molecule has 3 unspecified atom stereocenters. The number of hydrogen-bond donors (Lipinski definition) is 0. The van der Waals surface area contributed by atoms with E-state index in [0.29, 0.717) is 10.7 Å². The highest BCUT2D eigenvalue weighted by Crippen LogP contribution is 2.76. The third kappa shape index (κ3) is 1.16. The third-order valence-corrected chi connectivity index (χ3v) is 6.40. The van der Waals surface area contributed by atoms with Gasteiger partial charge in [-0.1, -0.05) is 44.2 Å². The van der Waals surface area contributed by atoms with Crippen LogP contribution in [0.1, 0.15) is 31.4 Å². The molecule has 1 nitrogen and oxygen atoms in total. The highest BCUT2D eigenvalue weighted by Gasteiger charge is 2.73. The molecule has 98 valence electrons. The van der Waals surface area contributed by atoms with Gasteiger partial charge in [-0.05, 0) is 39.7 Å². The molecule has 0 amide bonds. The maximum Gasteiger partial charge on any atom is 0.116 e. The summed E-state index contributed by atoms with van der Waals surface area (Å²) in [5.41, 5.74) is 5.83. The minimum atomic E-state index is 0.240. The van der Waals surface area contributed by atoms with Crippen LogP contribution in [-0.2, 0) is 10.6 Å². The summed E-state index contributed by atoms with van der Waals surface area (Å²) in [6.45, 7) is 4.85. The second kappa shape index (κ2) is 3.39. The molecule has 3 atom stereocenters. The molecule has 0 saturated heterocycles. The molecular weight excluding hydrogens is 240 g/mol. The molecule has 0 aliphatic heterocycles. The summed E-state index contributed by atoms with van der Waals surface area (Å²) < 4.78 is 0. The van der Waals surface area contributed by atoms with Crippen molar-refractivity contribution in [3.63, 3.8) is 0 Å². The van der Waals surface area contributed by atoms with Crippen molar-refractivity contribution in [3.8, 4) is 11.3 Å². The number of benzene rings is 1. The van der Waals surface area contributed by atoms with E-state index in [0.717, 1.165) is 0 Å². The van der Waals surface area contributed by atoms with Crippen molar-refractivity contribution in [1.82, 2.24) is 4.98 Å². The number of aromatic nitrogens is 1. The molecule has 3 heteroatoms. The molecule has 2 aromatic rings. The summed E-state index contributed by atoms with van der Waals surface area (Å²) in [4.78, 5) is 4.74. The van der Waals surface area contributed by atoms with Gasteiger partial charge in [0.1, 0.15) is 15.7 Å². The molecule has 0 bridgehead atoms. The van der Waals surface area contributed by atoms with Crippen LogP contribution in [0.15, 0.2) is 42.6 Å². The fraction of sp³-hybridized carbons (Fsp3) is 0.353. The minimum absolute atomic E-state index is 0.240. The van der Waals surface area contributed by atoms with E-state index in [2.05, 4.69) is 65.9 Å². The first kappa shape index (κ1) is 12.3. The fourth-order valence-electron chi connectivity index (χ4n) is 4.59. The molecule has 2 aliphatic rings. The second-order valence-corrected chi connectivity index (χ2v) is 7.41. The second-order valence-electron chi connectivity index (χ2n) is 7.41. The van der Waals surface area contributed by atoms with Crippen molar-refractivity contribution in [1.29, 1.82) is 0 Å². The Morgan fingerprint density at radius 2 is 1.75 bits per heavy atom. The Morgan fingerprint density at radius 1 is 1.05 bits per heavy atom. The number of rotatable bonds is 1. The number of nitrogens with zero attached hydrogens (tertiary/aromatic N) is 1. The van der Waals surface area contributed by atoms with Crippen LogP contribution in [0.3, 0.4) is 0 Å². The van der Waals surface area contributed by atoms with Gasteiger partial charge in [0.05, 0.1) is 5.69 Å². The van der Waals surface area contributed by atoms with Gasteiger partial charge in [0.2, 0.25) is 0 Å². The Morgan fingerprint density at radius 3 is 2.45 bits per heavy atom. The average molecular weight is 259 g/mol. The van der Waals surface area contributed by atoms with Gasteiger partial charge in [0.25, 0.3) is 0 Å². The first-order valence-electron chi connectivity index (χ1n) is 7.47. The van der Waals surface area contributed by atoms with Crippen LogP contribution >= 0.6 is 0 Å². The highest BCUT2D eigenvalue weighted by atomic mass is 14.8. The van der Waals surface area contributed by atoms with Gasteiger partial charge in [-0.15, -0.1) is 0 Å². The molecule has 1 fully saturated rings. The lowest BCUT2D eigenvalue weighted by Gasteiger charge is -2.30. The lowest BCUT2D eigenvalue weighted by Crippen LogP contribution is -2.31. The Hall–Kier alpha value is -1.50. The van der Waals surface area contributed by atoms with Crippen LogP contribution in [0.4, 0.5) is 0 Å². The van der Waals surface area contributed by atoms with Gasteiger partial charge in [-0.3, -0.25) is 4.98 Å². The van der Waals surface area contributed by atoms with Crippen molar-refractivity contribution in [3.05, 3.63) is 53.7 Å². The van der Waals surface area contributed by atoms with Gasteiger partial charge in [0.15, 0.2) is 0 Å². The summed E-state index contributed by atoms with van der Waals surface area (Å²) in [6.07, 6.45) is 3.27. The molecule has 0 N–H and O–H groups in total. The molecule has 4 rings (SSSR count). The van der Waals surface area contributed by atoms with Crippen LogP contribution in [0.25, 0.3) is 11.3 Å². The first-order chi connectivity index (χ1) is 9.42. The molecule has 1 heterocycles. The van der Waals surface area contributed by atoms with E-state index >= 15 is 0 Å². The lowest BCUT2D eigenvalue weighted by molar-refractivity contribution is 0.416. The maximum atomic E-state index is 4.74. The monoisotopic (exact) mass is 259 g/mol. The molecule has 0 radical (unpaired) electrons. The van der Waals surface area contributed by atoms with Gasteiger partial charge in [-0.25, -0.2) is 0 Å². The van der Waals surface area contributed by atoms with Crippen LogP contribution < -0.4 is 0 Å². The predicted octanol–water partition coefficient (Wildman–Crippen LogP) is 1.85.